The van der Waals surface area contributed by atoms with Crippen LogP contribution in [0.3, 0.4) is 0 Å². The quantitative estimate of drug-likeness (QED) is 0.313. The van der Waals surface area contributed by atoms with Gasteiger partial charge < -0.3 is 14.8 Å². The van der Waals surface area contributed by atoms with Gasteiger partial charge in [-0.1, -0.05) is 42.5 Å². The third-order valence-electron chi connectivity index (χ3n) is 4.66. The Kier molecular flexibility index (Phi) is 7.40. The molecule has 30 heavy (non-hydrogen) atoms. The van der Waals surface area contributed by atoms with Crippen molar-refractivity contribution in [3.63, 3.8) is 0 Å². The lowest BCUT2D eigenvalue weighted by Crippen LogP contribution is -2.24. The lowest BCUT2D eigenvalue weighted by atomic mass is 10.1. The molecule has 3 aromatic carbocycles. The highest BCUT2D eigenvalue weighted by Crippen LogP contribution is 2.28. The van der Waals surface area contributed by atoms with Crippen molar-refractivity contribution in [3.8, 4) is 11.5 Å². The van der Waals surface area contributed by atoms with Crippen LogP contribution in [0.5, 0.6) is 11.5 Å². The lowest BCUT2D eigenvalue weighted by Gasteiger charge is -2.12. The van der Waals surface area contributed by atoms with E-state index in [2.05, 4.69) is 35.8 Å². The predicted molar refractivity (Wildman–Crippen MR) is 127 cm³/mol. The zero-order valence-corrected chi connectivity index (χ0v) is 18.1. The molecule has 0 amide bonds. The van der Waals surface area contributed by atoms with E-state index in [4.69, 9.17) is 21.7 Å². The van der Waals surface area contributed by atoms with Gasteiger partial charge in [0.2, 0.25) is 0 Å². The second kappa shape index (κ2) is 10.4. The van der Waals surface area contributed by atoms with E-state index in [1.54, 1.807) is 13.3 Å². The Morgan fingerprint density at radius 2 is 1.80 bits per heavy atom. The summed E-state index contributed by atoms with van der Waals surface area (Å²) in [6.45, 7) is 4.59. The molecule has 0 atom stereocenters. The Morgan fingerprint density at radius 3 is 2.57 bits per heavy atom. The number of hydrogen-bond acceptors (Lipinski definition) is 4. The van der Waals surface area contributed by atoms with E-state index in [0.29, 0.717) is 23.2 Å². The first kappa shape index (κ1) is 21.3. The number of nitrogens with zero attached hydrogens (tertiary/aromatic N) is 1. The van der Waals surface area contributed by atoms with Crippen LogP contribution in [0.25, 0.3) is 0 Å². The number of hydrazone groups is 1. The van der Waals surface area contributed by atoms with Gasteiger partial charge in [-0.3, -0.25) is 5.43 Å². The highest BCUT2D eigenvalue weighted by atomic mass is 32.1. The first-order valence-corrected chi connectivity index (χ1v) is 9.98. The highest BCUT2D eigenvalue weighted by Gasteiger charge is 2.06. The third-order valence-corrected chi connectivity index (χ3v) is 4.85. The number of hydrogen-bond donors (Lipinski definition) is 2. The molecule has 0 bridgehead atoms. The molecule has 0 fully saturated rings. The number of thiocarbonyl (C=S) groups is 1. The minimum atomic E-state index is 0.426. The fourth-order valence-electron chi connectivity index (χ4n) is 2.82. The maximum absolute atomic E-state index is 5.88. The number of aryl methyl sites for hydroxylation is 1. The molecule has 2 N–H and O–H groups in total. The molecule has 0 spiro atoms. The Bertz CT molecular complexity index is 1040. The van der Waals surface area contributed by atoms with Gasteiger partial charge in [-0.25, -0.2) is 0 Å². The van der Waals surface area contributed by atoms with Crippen LogP contribution in [-0.4, -0.2) is 18.4 Å². The van der Waals surface area contributed by atoms with Gasteiger partial charge in [0.05, 0.1) is 13.3 Å². The molecule has 0 saturated heterocycles. The standard InChI is InChI=1S/C24H25N3O2S/c1-17-8-7-11-21(18(17)2)26-24(30)27-25-15-20-12-13-22(23(14-20)28-3)29-16-19-9-5-4-6-10-19/h4-15H,16H2,1-3H3,(H2,26,27,30)/b25-15-. The molecule has 0 aromatic heterocycles. The van der Waals surface area contributed by atoms with Gasteiger partial charge in [0.15, 0.2) is 16.6 Å². The van der Waals surface area contributed by atoms with Gasteiger partial charge in [-0.15, -0.1) is 0 Å². The van der Waals surface area contributed by atoms with E-state index in [0.717, 1.165) is 22.4 Å². The van der Waals surface area contributed by atoms with Crippen molar-refractivity contribution in [2.45, 2.75) is 20.5 Å². The fourth-order valence-corrected chi connectivity index (χ4v) is 2.98. The lowest BCUT2D eigenvalue weighted by molar-refractivity contribution is 0.284. The Labute approximate surface area is 182 Å². The second-order valence-electron chi connectivity index (χ2n) is 6.76. The zero-order chi connectivity index (χ0) is 21.3. The number of rotatable bonds is 7. The van der Waals surface area contributed by atoms with E-state index in [1.165, 1.54) is 5.56 Å². The normalized spacial score (nSPS) is 10.6. The number of methoxy groups -OCH3 is 1. The molecule has 0 heterocycles. The maximum Gasteiger partial charge on any atom is 0.191 e. The number of anilines is 1. The number of ether oxygens (including phenoxy) is 2. The van der Waals surface area contributed by atoms with Crippen LogP contribution in [0.1, 0.15) is 22.3 Å². The van der Waals surface area contributed by atoms with Gasteiger partial charge in [0, 0.05) is 5.69 Å². The number of benzene rings is 3. The minimum Gasteiger partial charge on any atom is -0.493 e. The zero-order valence-electron chi connectivity index (χ0n) is 17.3. The van der Waals surface area contributed by atoms with Gasteiger partial charge in [-0.05, 0) is 72.6 Å². The van der Waals surface area contributed by atoms with Crippen LogP contribution < -0.4 is 20.2 Å². The van der Waals surface area contributed by atoms with Crippen molar-refractivity contribution in [1.29, 1.82) is 0 Å². The van der Waals surface area contributed by atoms with Crippen molar-refractivity contribution >= 4 is 29.2 Å². The van der Waals surface area contributed by atoms with Crippen LogP contribution in [0.2, 0.25) is 0 Å². The van der Waals surface area contributed by atoms with E-state index < -0.39 is 0 Å². The van der Waals surface area contributed by atoms with Crippen molar-refractivity contribution in [2.24, 2.45) is 5.10 Å². The van der Waals surface area contributed by atoms with Crippen LogP contribution in [0.15, 0.2) is 71.8 Å². The van der Waals surface area contributed by atoms with Crippen molar-refractivity contribution in [2.75, 3.05) is 12.4 Å². The summed E-state index contributed by atoms with van der Waals surface area (Å²) in [7, 11) is 1.62. The summed E-state index contributed by atoms with van der Waals surface area (Å²) in [4.78, 5) is 0. The molecule has 0 aliphatic rings. The summed E-state index contributed by atoms with van der Waals surface area (Å²) in [5.74, 6) is 1.32. The van der Waals surface area contributed by atoms with Crippen LogP contribution >= 0.6 is 12.2 Å². The molecule has 0 radical (unpaired) electrons. The predicted octanol–water partition coefficient (Wildman–Crippen LogP) is 5.21. The molecule has 0 aliphatic carbocycles. The van der Waals surface area contributed by atoms with Crippen LogP contribution in [0, 0.1) is 13.8 Å². The average Bonchev–Trinajstić information content (AvgIpc) is 2.76. The highest BCUT2D eigenvalue weighted by molar-refractivity contribution is 7.80. The minimum absolute atomic E-state index is 0.426. The van der Waals surface area contributed by atoms with Gasteiger partial charge in [0.1, 0.15) is 6.61 Å². The first-order chi connectivity index (χ1) is 14.6. The summed E-state index contributed by atoms with van der Waals surface area (Å²) < 4.78 is 11.3. The summed E-state index contributed by atoms with van der Waals surface area (Å²) in [6.07, 6.45) is 1.68. The SMILES string of the molecule is COc1cc(/C=N\NC(=S)Nc2cccc(C)c2C)ccc1OCc1ccccc1. The molecule has 0 aliphatic heterocycles. The van der Waals surface area contributed by atoms with E-state index in [-0.39, 0.29) is 0 Å². The van der Waals surface area contributed by atoms with Crippen molar-refractivity contribution < 1.29 is 9.47 Å². The molecule has 3 aromatic rings. The molecule has 154 valence electrons. The summed E-state index contributed by atoms with van der Waals surface area (Å²) >= 11 is 5.32. The Morgan fingerprint density at radius 1 is 1.00 bits per heavy atom. The molecule has 6 heteroatoms. The van der Waals surface area contributed by atoms with E-state index >= 15 is 0 Å². The smallest absolute Gasteiger partial charge is 0.191 e. The fraction of sp³-hybridized carbons (Fsp3) is 0.167. The first-order valence-electron chi connectivity index (χ1n) is 9.58. The van der Waals surface area contributed by atoms with E-state index in [9.17, 15) is 0 Å². The molecule has 5 nitrogen and oxygen atoms in total. The topological polar surface area (TPSA) is 54.9 Å². The molecule has 0 unspecified atom stereocenters. The van der Waals surface area contributed by atoms with Crippen LogP contribution in [0.4, 0.5) is 5.69 Å². The monoisotopic (exact) mass is 419 g/mol. The molecule has 3 rings (SSSR count). The van der Waals surface area contributed by atoms with Gasteiger partial charge >= 0.3 is 0 Å². The molecular formula is C24H25N3O2S. The maximum atomic E-state index is 5.88. The van der Waals surface area contributed by atoms with Crippen molar-refractivity contribution in [3.05, 3.63) is 89.0 Å². The average molecular weight is 420 g/mol. The summed E-state index contributed by atoms with van der Waals surface area (Å²) in [5, 5.41) is 7.80. The Hall–Kier alpha value is -3.38. The van der Waals surface area contributed by atoms with Crippen LogP contribution in [-0.2, 0) is 6.61 Å². The summed E-state index contributed by atoms with van der Waals surface area (Å²) in [5.41, 5.74) is 8.12. The van der Waals surface area contributed by atoms with Gasteiger partial charge in [0.25, 0.3) is 0 Å². The molecule has 0 saturated carbocycles. The van der Waals surface area contributed by atoms with Crippen molar-refractivity contribution in [1.82, 2.24) is 5.43 Å². The number of nitrogens with one attached hydrogen (secondary N) is 2. The Balaban J connectivity index is 1.58. The van der Waals surface area contributed by atoms with Gasteiger partial charge in [-0.2, -0.15) is 5.10 Å². The summed E-state index contributed by atoms with van der Waals surface area (Å²) in [6, 6.07) is 21.7. The third kappa shape index (κ3) is 5.81. The second-order valence-corrected chi connectivity index (χ2v) is 7.16. The molecular weight excluding hydrogens is 394 g/mol. The van der Waals surface area contributed by atoms with E-state index in [1.807, 2.05) is 60.7 Å². The largest absolute Gasteiger partial charge is 0.493 e.